The van der Waals surface area contributed by atoms with Gasteiger partial charge in [0.15, 0.2) is 0 Å². The summed E-state index contributed by atoms with van der Waals surface area (Å²) >= 11 is 0. The second kappa shape index (κ2) is 17.4. The van der Waals surface area contributed by atoms with E-state index in [4.69, 9.17) is 5.73 Å². The smallest absolute Gasteiger partial charge is 0.110 e. The summed E-state index contributed by atoms with van der Waals surface area (Å²) in [6.45, 7) is 16.5. The van der Waals surface area contributed by atoms with E-state index < -0.39 is 0 Å². The van der Waals surface area contributed by atoms with E-state index in [1.165, 1.54) is 22.6 Å². The van der Waals surface area contributed by atoms with Crippen molar-refractivity contribution in [3.8, 4) is 0 Å². The van der Waals surface area contributed by atoms with Crippen LogP contribution in [0.3, 0.4) is 0 Å². The number of aryl methyl sites for hydroxylation is 6. The molecule has 5 rings (SSSR count). The van der Waals surface area contributed by atoms with Crippen LogP contribution in [0, 0.1) is 49.5 Å². The van der Waals surface area contributed by atoms with Gasteiger partial charge in [0, 0.05) is 116 Å². The zero-order valence-electron chi connectivity index (χ0n) is 27.1. The minimum absolute atomic E-state index is 0. The number of nitrogens with zero attached hydrogens (tertiary/aromatic N) is 7. The van der Waals surface area contributed by atoms with E-state index in [1.54, 1.807) is 0 Å². The van der Waals surface area contributed by atoms with Gasteiger partial charge in [0.05, 0.1) is 16.9 Å². The molecule has 0 spiro atoms. The largest absolute Gasteiger partial charge is 0.358 e. The molecule has 238 valence electrons. The SMILES string of the molecule is Cc1cc2c(nc(C)n2C)c(C)n1.Cc1nc2c(n1C)CC(C)NC2C.Cc1ncc(CC(C)N)n1C.[CH3-].[CH3-].[Pd].[Pd]. The van der Waals surface area contributed by atoms with Gasteiger partial charge in [-0.15, -0.1) is 0 Å². The van der Waals surface area contributed by atoms with Crippen LogP contribution in [0.1, 0.15) is 72.8 Å². The molecule has 3 atom stereocenters. The molecule has 4 aromatic rings. The average molecular weight is 751 g/mol. The summed E-state index contributed by atoms with van der Waals surface area (Å²) < 4.78 is 6.38. The Kier molecular flexibility index (Phi) is 17.6. The van der Waals surface area contributed by atoms with Gasteiger partial charge in [-0.2, -0.15) is 0 Å². The van der Waals surface area contributed by atoms with Crippen LogP contribution >= 0.6 is 0 Å². The van der Waals surface area contributed by atoms with E-state index in [2.05, 4.69) is 72.8 Å². The fourth-order valence-electron chi connectivity index (χ4n) is 4.80. The van der Waals surface area contributed by atoms with E-state index in [0.29, 0.717) is 12.1 Å². The van der Waals surface area contributed by atoms with Crippen LogP contribution < -0.4 is 11.1 Å². The summed E-state index contributed by atoms with van der Waals surface area (Å²) in [5.74, 6) is 3.19. The molecule has 0 radical (unpaired) electrons. The minimum Gasteiger partial charge on any atom is -0.358 e. The average Bonchev–Trinajstić information content (AvgIpc) is 3.39. The molecule has 9 nitrogen and oxygen atoms in total. The fraction of sp³-hybridized carbons (Fsp3) is 0.533. The number of nitrogens with one attached hydrogen (secondary N) is 1. The molecule has 5 heterocycles. The summed E-state index contributed by atoms with van der Waals surface area (Å²) in [4.78, 5) is 17.6. The molecule has 11 heteroatoms. The van der Waals surface area contributed by atoms with Crippen LogP contribution in [-0.2, 0) is 74.8 Å². The molecule has 0 bridgehead atoms. The number of hydrogen-bond acceptors (Lipinski definition) is 6. The number of pyridine rings is 1. The van der Waals surface area contributed by atoms with E-state index in [1.807, 2.05) is 54.9 Å². The first-order valence-corrected chi connectivity index (χ1v) is 13.1. The number of fused-ring (bicyclic) bond motifs is 2. The molecule has 0 aromatic carbocycles. The molecule has 4 aromatic heterocycles. The zero-order chi connectivity index (χ0) is 27.6. The monoisotopic (exact) mass is 749 g/mol. The number of aromatic nitrogens is 7. The van der Waals surface area contributed by atoms with Crippen LogP contribution in [0.2, 0.25) is 0 Å². The van der Waals surface area contributed by atoms with Gasteiger partial charge in [-0.1, -0.05) is 0 Å². The van der Waals surface area contributed by atoms with Gasteiger partial charge >= 0.3 is 0 Å². The van der Waals surface area contributed by atoms with E-state index in [9.17, 15) is 0 Å². The van der Waals surface area contributed by atoms with Crippen molar-refractivity contribution in [2.45, 2.75) is 86.4 Å². The number of imidazole rings is 3. The van der Waals surface area contributed by atoms with Crippen LogP contribution in [-0.4, -0.2) is 45.7 Å². The summed E-state index contributed by atoms with van der Waals surface area (Å²) in [6.07, 6.45) is 3.88. The Bertz CT molecular complexity index is 1370. The van der Waals surface area contributed by atoms with E-state index >= 15 is 0 Å². The normalized spacial score (nSPS) is 15.8. The Hall–Kier alpha value is -1.72. The first-order valence-electron chi connectivity index (χ1n) is 13.1. The van der Waals surface area contributed by atoms with Gasteiger partial charge < -0.3 is 39.6 Å². The molecular formula is C30H51N9Pd2-2. The van der Waals surface area contributed by atoms with Gasteiger partial charge in [-0.05, 0) is 61.5 Å². The molecule has 1 aliphatic heterocycles. The van der Waals surface area contributed by atoms with Crippen molar-refractivity contribution in [1.82, 2.24) is 39.0 Å². The Morgan fingerprint density at radius 2 is 1.49 bits per heavy atom. The third-order valence-electron chi connectivity index (χ3n) is 7.16. The molecule has 0 aliphatic carbocycles. The molecule has 0 amide bonds. The van der Waals surface area contributed by atoms with Crippen molar-refractivity contribution >= 4 is 11.0 Å². The third kappa shape index (κ3) is 9.92. The summed E-state index contributed by atoms with van der Waals surface area (Å²) in [5, 5.41) is 3.50. The first-order chi connectivity index (χ1) is 17.3. The molecule has 1 aliphatic rings. The van der Waals surface area contributed by atoms with Crippen molar-refractivity contribution in [1.29, 1.82) is 0 Å². The molecule has 0 fully saturated rings. The van der Waals surface area contributed by atoms with Crippen molar-refractivity contribution in [3.05, 3.63) is 73.1 Å². The Labute approximate surface area is 275 Å². The maximum Gasteiger partial charge on any atom is 0.110 e. The molecule has 0 saturated carbocycles. The number of hydrogen-bond donors (Lipinski definition) is 2. The van der Waals surface area contributed by atoms with Gasteiger partial charge in [0.2, 0.25) is 0 Å². The van der Waals surface area contributed by atoms with Crippen molar-refractivity contribution in [2.24, 2.45) is 26.9 Å². The Morgan fingerprint density at radius 1 is 0.902 bits per heavy atom. The predicted molar refractivity (Wildman–Crippen MR) is 164 cm³/mol. The molecule has 3 N–H and O–H groups in total. The van der Waals surface area contributed by atoms with Crippen LogP contribution in [0.15, 0.2) is 12.3 Å². The Balaban J connectivity index is 0. The molecule has 3 unspecified atom stereocenters. The van der Waals surface area contributed by atoms with Gasteiger partial charge in [0.25, 0.3) is 0 Å². The van der Waals surface area contributed by atoms with Gasteiger partial charge in [0.1, 0.15) is 23.0 Å². The predicted octanol–water partition coefficient (Wildman–Crippen LogP) is 4.73. The summed E-state index contributed by atoms with van der Waals surface area (Å²) in [6, 6.07) is 3.25. The maximum atomic E-state index is 5.66. The summed E-state index contributed by atoms with van der Waals surface area (Å²) in [7, 11) is 6.15. The molecular weight excluding hydrogens is 699 g/mol. The maximum absolute atomic E-state index is 5.66. The van der Waals surface area contributed by atoms with E-state index in [0.717, 1.165) is 47.2 Å². The fourth-order valence-corrected chi connectivity index (χ4v) is 4.80. The quantitative estimate of drug-likeness (QED) is 0.227. The van der Waals surface area contributed by atoms with Crippen molar-refractivity contribution in [3.63, 3.8) is 0 Å². The van der Waals surface area contributed by atoms with Crippen molar-refractivity contribution < 1.29 is 40.8 Å². The van der Waals surface area contributed by atoms with Gasteiger partial charge in [-0.3, -0.25) is 4.98 Å². The first kappa shape index (κ1) is 41.4. The van der Waals surface area contributed by atoms with Crippen LogP contribution in [0.5, 0.6) is 0 Å². The number of rotatable bonds is 2. The number of nitrogens with two attached hydrogens (primary N) is 1. The molecule has 41 heavy (non-hydrogen) atoms. The summed E-state index contributed by atoms with van der Waals surface area (Å²) in [5.41, 5.74) is 13.8. The van der Waals surface area contributed by atoms with Crippen molar-refractivity contribution in [2.75, 3.05) is 0 Å². The third-order valence-corrected chi connectivity index (χ3v) is 7.16. The Morgan fingerprint density at radius 3 is 2.02 bits per heavy atom. The minimum atomic E-state index is 0. The van der Waals surface area contributed by atoms with Crippen LogP contribution in [0.4, 0.5) is 0 Å². The second-order valence-corrected chi connectivity index (χ2v) is 10.5. The second-order valence-electron chi connectivity index (χ2n) is 10.5. The topological polar surface area (TPSA) is 104 Å². The van der Waals surface area contributed by atoms with Gasteiger partial charge in [-0.25, -0.2) is 15.0 Å². The molecule has 0 saturated heterocycles. The zero-order valence-corrected chi connectivity index (χ0v) is 30.3. The standard InChI is InChI=1S/C10H17N3.C10H13N3.C8H15N3.2CH3.2Pd/c2*1-6-5-9-10(7(2)11-6)12-8(3)13(9)4;1-6(9)4-8-5-10-7(2)11(8)3;;;;/h6-7,11H,5H2,1-4H3;5H,1-4H3;5-6H,4,9H2,1-3H3;2*1H3;;/q;;;2*-1;;. The van der Waals surface area contributed by atoms with Crippen LogP contribution in [0.25, 0.3) is 11.0 Å². The van der Waals surface area contributed by atoms with E-state index in [-0.39, 0.29) is 61.7 Å².